The number of nitrogens with one attached hydrogen (secondary N) is 1. The number of nitrogens with zero attached hydrogens (tertiary/aromatic N) is 1. The van der Waals surface area contributed by atoms with Gasteiger partial charge in [-0.05, 0) is 24.3 Å². The number of benzene rings is 1. The lowest BCUT2D eigenvalue weighted by atomic mass is 10.3. The van der Waals surface area contributed by atoms with Crippen LogP contribution in [0.5, 0.6) is 5.75 Å². The van der Waals surface area contributed by atoms with Crippen molar-refractivity contribution in [3.63, 3.8) is 0 Å². The summed E-state index contributed by atoms with van der Waals surface area (Å²) >= 11 is 11.7. The zero-order valence-corrected chi connectivity index (χ0v) is 11.3. The minimum absolute atomic E-state index is 0.382. The topological polar surface area (TPSA) is 34.2 Å². The second-order valence-corrected chi connectivity index (χ2v) is 4.46. The lowest BCUT2D eigenvalue weighted by Gasteiger charge is -2.07. The summed E-state index contributed by atoms with van der Waals surface area (Å²) in [6.45, 7) is 0.382. The molecule has 0 aliphatic rings. The number of halogens is 2. The van der Waals surface area contributed by atoms with Crippen LogP contribution >= 0.6 is 23.2 Å². The van der Waals surface area contributed by atoms with Gasteiger partial charge in [0.2, 0.25) is 0 Å². The first kappa shape index (κ1) is 13.0. The molecule has 0 spiro atoms. The molecule has 18 heavy (non-hydrogen) atoms. The Morgan fingerprint density at radius 3 is 2.72 bits per heavy atom. The Morgan fingerprint density at radius 1 is 1.17 bits per heavy atom. The molecule has 0 radical (unpaired) electrons. The molecule has 1 aromatic carbocycles. The predicted molar refractivity (Wildman–Crippen MR) is 74.6 cm³/mol. The standard InChI is InChI=1S/C13H12Cl2N2O/c1-16-9-4-5-17-10(6-9)8-18-11-2-3-12(14)13(15)7-11/h2-7H,8H2,1H3,(H,16,17). The van der Waals surface area contributed by atoms with Gasteiger partial charge in [-0.25, -0.2) is 0 Å². The second kappa shape index (κ2) is 5.94. The van der Waals surface area contributed by atoms with E-state index in [2.05, 4.69) is 10.3 Å². The van der Waals surface area contributed by atoms with Crippen molar-refractivity contribution in [2.75, 3.05) is 12.4 Å². The fourth-order valence-electron chi connectivity index (χ4n) is 1.44. The van der Waals surface area contributed by atoms with E-state index >= 15 is 0 Å². The number of pyridine rings is 1. The molecule has 0 bridgehead atoms. The van der Waals surface area contributed by atoms with Gasteiger partial charge in [0.15, 0.2) is 0 Å². The van der Waals surface area contributed by atoms with E-state index in [1.54, 1.807) is 24.4 Å². The lowest BCUT2D eigenvalue weighted by Crippen LogP contribution is -1.99. The van der Waals surface area contributed by atoms with Crippen LogP contribution in [0, 0.1) is 0 Å². The van der Waals surface area contributed by atoms with E-state index < -0.39 is 0 Å². The van der Waals surface area contributed by atoms with Crippen molar-refractivity contribution in [1.82, 2.24) is 4.98 Å². The molecule has 0 unspecified atom stereocenters. The Bertz CT molecular complexity index is 546. The zero-order valence-electron chi connectivity index (χ0n) is 9.78. The average molecular weight is 283 g/mol. The van der Waals surface area contributed by atoms with E-state index in [4.69, 9.17) is 27.9 Å². The molecule has 1 N–H and O–H groups in total. The van der Waals surface area contributed by atoms with Crippen LogP contribution < -0.4 is 10.1 Å². The SMILES string of the molecule is CNc1ccnc(COc2ccc(Cl)c(Cl)c2)c1. The van der Waals surface area contributed by atoms with Crippen molar-refractivity contribution in [2.45, 2.75) is 6.61 Å². The molecule has 94 valence electrons. The highest BCUT2D eigenvalue weighted by Crippen LogP contribution is 2.26. The number of aromatic nitrogens is 1. The first-order chi connectivity index (χ1) is 8.69. The van der Waals surface area contributed by atoms with Gasteiger partial charge < -0.3 is 10.1 Å². The summed E-state index contributed by atoms with van der Waals surface area (Å²) in [5.74, 6) is 0.668. The quantitative estimate of drug-likeness (QED) is 0.920. The van der Waals surface area contributed by atoms with E-state index in [9.17, 15) is 0 Å². The third-order valence-corrected chi connectivity index (χ3v) is 3.12. The molecule has 0 saturated carbocycles. The first-order valence-electron chi connectivity index (χ1n) is 5.39. The molecule has 5 heteroatoms. The van der Waals surface area contributed by atoms with Crippen LogP contribution in [0.25, 0.3) is 0 Å². The monoisotopic (exact) mass is 282 g/mol. The van der Waals surface area contributed by atoms with Crippen molar-refractivity contribution in [1.29, 1.82) is 0 Å². The van der Waals surface area contributed by atoms with Gasteiger partial charge in [-0.3, -0.25) is 4.98 Å². The molecule has 0 saturated heterocycles. The molecule has 2 aromatic rings. The third kappa shape index (κ3) is 3.28. The maximum atomic E-state index is 5.91. The molecule has 3 nitrogen and oxygen atoms in total. The van der Waals surface area contributed by atoms with Gasteiger partial charge in [0.1, 0.15) is 12.4 Å². The van der Waals surface area contributed by atoms with Crippen LogP contribution in [-0.2, 0) is 6.61 Å². The van der Waals surface area contributed by atoms with E-state index in [1.807, 2.05) is 19.2 Å². The zero-order chi connectivity index (χ0) is 13.0. The Morgan fingerprint density at radius 2 is 2.00 bits per heavy atom. The first-order valence-corrected chi connectivity index (χ1v) is 6.15. The Balaban J connectivity index is 2.04. The summed E-state index contributed by atoms with van der Waals surface area (Å²) in [6, 6.07) is 8.98. The second-order valence-electron chi connectivity index (χ2n) is 3.65. The third-order valence-electron chi connectivity index (χ3n) is 2.38. The summed E-state index contributed by atoms with van der Waals surface area (Å²) in [5, 5.41) is 4.04. The summed E-state index contributed by atoms with van der Waals surface area (Å²) in [6.07, 6.45) is 1.74. The predicted octanol–water partition coefficient (Wildman–Crippen LogP) is 4.01. The molecular weight excluding hydrogens is 271 g/mol. The Hall–Kier alpha value is -1.45. The molecule has 2 rings (SSSR count). The fraction of sp³-hybridized carbons (Fsp3) is 0.154. The minimum Gasteiger partial charge on any atom is -0.487 e. The highest BCUT2D eigenvalue weighted by atomic mass is 35.5. The lowest BCUT2D eigenvalue weighted by molar-refractivity contribution is 0.301. The van der Waals surface area contributed by atoms with Gasteiger partial charge >= 0.3 is 0 Å². The van der Waals surface area contributed by atoms with Crippen molar-refractivity contribution in [3.05, 3.63) is 52.3 Å². The molecule has 1 aromatic heterocycles. The van der Waals surface area contributed by atoms with E-state index in [0.29, 0.717) is 22.4 Å². The fourth-order valence-corrected chi connectivity index (χ4v) is 1.72. The summed E-state index contributed by atoms with van der Waals surface area (Å²) in [7, 11) is 1.86. The molecule has 0 aliphatic heterocycles. The van der Waals surface area contributed by atoms with Gasteiger partial charge in [-0.1, -0.05) is 23.2 Å². The minimum atomic E-state index is 0.382. The van der Waals surface area contributed by atoms with E-state index in [0.717, 1.165) is 11.4 Å². The van der Waals surface area contributed by atoms with Crippen LogP contribution in [-0.4, -0.2) is 12.0 Å². The van der Waals surface area contributed by atoms with Gasteiger partial charge in [-0.15, -0.1) is 0 Å². The van der Waals surface area contributed by atoms with Gasteiger partial charge in [0.25, 0.3) is 0 Å². The summed E-state index contributed by atoms with van der Waals surface area (Å²) in [4.78, 5) is 4.22. The number of rotatable bonds is 4. The molecule has 1 heterocycles. The van der Waals surface area contributed by atoms with Crippen molar-refractivity contribution in [2.24, 2.45) is 0 Å². The molecular formula is C13H12Cl2N2O. The van der Waals surface area contributed by atoms with E-state index in [1.165, 1.54) is 0 Å². The van der Waals surface area contributed by atoms with Crippen LogP contribution in [0.3, 0.4) is 0 Å². The Labute approximate surface area is 116 Å². The number of anilines is 1. The summed E-state index contributed by atoms with van der Waals surface area (Å²) < 4.78 is 5.59. The van der Waals surface area contributed by atoms with Gasteiger partial charge in [0, 0.05) is 25.0 Å². The average Bonchev–Trinajstić information content (AvgIpc) is 2.40. The largest absolute Gasteiger partial charge is 0.487 e. The maximum Gasteiger partial charge on any atom is 0.130 e. The molecule has 0 amide bonds. The van der Waals surface area contributed by atoms with Crippen LogP contribution in [0.2, 0.25) is 10.0 Å². The smallest absolute Gasteiger partial charge is 0.130 e. The highest BCUT2D eigenvalue weighted by Gasteiger charge is 2.02. The van der Waals surface area contributed by atoms with Crippen LogP contribution in [0.15, 0.2) is 36.5 Å². The number of hydrogen-bond acceptors (Lipinski definition) is 3. The van der Waals surface area contributed by atoms with Crippen molar-refractivity contribution < 1.29 is 4.74 Å². The van der Waals surface area contributed by atoms with Crippen LogP contribution in [0.4, 0.5) is 5.69 Å². The number of hydrogen-bond donors (Lipinski definition) is 1. The van der Waals surface area contributed by atoms with Gasteiger partial charge in [-0.2, -0.15) is 0 Å². The van der Waals surface area contributed by atoms with Crippen molar-refractivity contribution >= 4 is 28.9 Å². The van der Waals surface area contributed by atoms with E-state index in [-0.39, 0.29) is 0 Å². The summed E-state index contributed by atoms with van der Waals surface area (Å²) in [5.41, 5.74) is 1.84. The van der Waals surface area contributed by atoms with Crippen molar-refractivity contribution in [3.8, 4) is 5.75 Å². The maximum absolute atomic E-state index is 5.91. The number of ether oxygens (including phenoxy) is 1. The molecule has 0 aliphatic carbocycles. The highest BCUT2D eigenvalue weighted by molar-refractivity contribution is 6.42. The van der Waals surface area contributed by atoms with Gasteiger partial charge in [0.05, 0.1) is 15.7 Å². The molecule has 0 atom stereocenters. The molecule has 0 fully saturated rings. The Kier molecular flexibility index (Phi) is 4.28. The normalized spacial score (nSPS) is 10.2. The van der Waals surface area contributed by atoms with Crippen LogP contribution in [0.1, 0.15) is 5.69 Å².